The molecule has 0 radical (unpaired) electrons. The average molecular weight is 1470 g/mol. The van der Waals surface area contributed by atoms with Crippen LogP contribution in [0.4, 0.5) is 0 Å². The number of carbonyl (C=O) groups excluding carboxylic acids is 4. The number of esters is 4. The van der Waals surface area contributed by atoms with E-state index in [9.17, 15) is 43.2 Å². The summed E-state index contributed by atoms with van der Waals surface area (Å²) in [6, 6.07) is 0. The van der Waals surface area contributed by atoms with Crippen molar-refractivity contribution in [2.45, 2.75) is 290 Å². The quantitative estimate of drug-likeness (QED) is 0.0169. The van der Waals surface area contributed by atoms with Crippen LogP contribution in [0.25, 0.3) is 0 Å². The molecular weight excluding hydrogens is 1330 g/mol. The zero-order valence-corrected chi connectivity index (χ0v) is 64.8. The van der Waals surface area contributed by atoms with Crippen LogP contribution in [0.1, 0.15) is 272 Å². The van der Waals surface area contributed by atoms with E-state index in [1.165, 1.54) is 25.7 Å². The van der Waals surface area contributed by atoms with Crippen LogP contribution >= 0.6 is 15.6 Å². The molecular formula is C83H134O17P2. The van der Waals surface area contributed by atoms with Crippen molar-refractivity contribution in [2.24, 2.45) is 0 Å². The smallest absolute Gasteiger partial charge is 0.462 e. The van der Waals surface area contributed by atoms with Crippen LogP contribution in [-0.4, -0.2) is 96.7 Å². The van der Waals surface area contributed by atoms with Crippen molar-refractivity contribution >= 4 is 39.5 Å². The summed E-state index contributed by atoms with van der Waals surface area (Å²) in [6.07, 6.45) is 86.8. The third-order valence-electron chi connectivity index (χ3n) is 15.2. The molecule has 0 saturated carbocycles. The number of allylic oxidation sites excluding steroid dienone is 27. The number of ether oxygens (including phenoxy) is 4. The molecule has 0 saturated heterocycles. The maximum atomic E-state index is 13.1. The molecule has 102 heavy (non-hydrogen) atoms. The molecule has 0 spiro atoms. The molecule has 578 valence electrons. The summed E-state index contributed by atoms with van der Waals surface area (Å²) in [7, 11) is -10.0. The summed E-state index contributed by atoms with van der Waals surface area (Å²) in [6.45, 7) is 4.34. The SMILES string of the molecule is CC/C=C\C/C=C\C/C=C\C/C=C\C/C=C\CCCC(=O)OCC(COP(=O)(O)OCC(O)COP(=O)(O)OCC(COC(=O)CCCCCCCC/C=C\C/C=C\C/C=C\CCCCC)OC(=O)C/C=C\C/C=C\C/C=C\C/C=C\C/C=C\CC)OC(=O)CCCCCCC/C=C\CCCC. The molecule has 0 aliphatic carbocycles. The Morgan fingerprint density at radius 1 is 0.294 bits per heavy atom. The molecule has 5 atom stereocenters. The molecule has 0 bridgehead atoms. The lowest BCUT2D eigenvalue weighted by Crippen LogP contribution is -2.30. The van der Waals surface area contributed by atoms with Gasteiger partial charge in [0.2, 0.25) is 0 Å². The minimum absolute atomic E-state index is 0.0637. The largest absolute Gasteiger partial charge is 0.472 e. The molecule has 0 aliphatic heterocycles. The fourth-order valence-electron chi connectivity index (χ4n) is 9.38. The minimum Gasteiger partial charge on any atom is -0.462 e. The van der Waals surface area contributed by atoms with Crippen LogP contribution in [0, 0.1) is 0 Å². The lowest BCUT2D eigenvalue weighted by atomic mass is 10.1. The number of hydrogen-bond acceptors (Lipinski definition) is 15. The maximum absolute atomic E-state index is 13.1. The van der Waals surface area contributed by atoms with E-state index in [4.69, 9.17) is 37.0 Å². The van der Waals surface area contributed by atoms with E-state index in [1.54, 1.807) is 12.2 Å². The van der Waals surface area contributed by atoms with Crippen molar-refractivity contribution < 1.29 is 80.2 Å². The van der Waals surface area contributed by atoms with Crippen LogP contribution in [0.15, 0.2) is 170 Å². The highest BCUT2D eigenvalue weighted by Crippen LogP contribution is 2.45. The zero-order chi connectivity index (χ0) is 74.6. The predicted octanol–water partition coefficient (Wildman–Crippen LogP) is 22.2. The first kappa shape index (κ1) is 96.4. The number of carbonyl (C=O) groups is 4. The Balaban J connectivity index is 5.46. The molecule has 5 unspecified atom stereocenters. The fourth-order valence-corrected chi connectivity index (χ4v) is 11.0. The molecule has 0 aromatic rings. The highest BCUT2D eigenvalue weighted by molar-refractivity contribution is 7.47. The number of aliphatic hydroxyl groups excluding tert-OH is 1. The maximum Gasteiger partial charge on any atom is 0.472 e. The molecule has 0 rings (SSSR count). The molecule has 3 N–H and O–H groups in total. The predicted molar refractivity (Wildman–Crippen MR) is 417 cm³/mol. The van der Waals surface area contributed by atoms with E-state index < -0.39 is 97.5 Å². The van der Waals surface area contributed by atoms with Gasteiger partial charge >= 0.3 is 39.5 Å². The number of rotatable bonds is 70. The van der Waals surface area contributed by atoms with E-state index in [0.29, 0.717) is 32.1 Å². The van der Waals surface area contributed by atoms with Gasteiger partial charge in [0.15, 0.2) is 12.2 Å². The molecule has 0 aliphatic rings. The van der Waals surface area contributed by atoms with Crippen LogP contribution in [0.5, 0.6) is 0 Å². The van der Waals surface area contributed by atoms with E-state index in [1.807, 2.05) is 24.3 Å². The summed E-state index contributed by atoms with van der Waals surface area (Å²) in [5, 5.41) is 10.6. The van der Waals surface area contributed by atoms with Gasteiger partial charge in [0.05, 0.1) is 32.8 Å². The Labute approximate surface area is 616 Å². The van der Waals surface area contributed by atoms with Gasteiger partial charge in [-0.05, 0) is 148 Å². The van der Waals surface area contributed by atoms with Crippen molar-refractivity contribution in [2.75, 3.05) is 39.6 Å². The Morgan fingerprint density at radius 3 is 0.951 bits per heavy atom. The van der Waals surface area contributed by atoms with Crippen LogP contribution in [-0.2, 0) is 65.4 Å². The van der Waals surface area contributed by atoms with E-state index in [0.717, 1.165) is 161 Å². The second-order valence-electron chi connectivity index (χ2n) is 24.8. The summed E-state index contributed by atoms with van der Waals surface area (Å²) in [5.41, 5.74) is 0. The third-order valence-corrected chi connectivity index (χ3v) is 17.1. The zero-order valence-electron chi connectivity index (χ0n) is 63.0. The van der Waals surface area contributed by atoms with Gasteiger partial charge < -0.3 is 33.8 Å². The normalized spacial score (nSPS) is 14.9. The van der Waals surface area contributed by atoms with Gasteiger partial charge in [-0.25, -0.2) is 9.13 Å². The summed E-state index contributed by atoms with van der Waals surface area (Å²) >= 11 is 0. The van der Waals surface area contributed by atoms with Gasteiger partial charge in [0, 0.05) is 19.3 Å². The first-order chi connectivity index (χ1) is 49.7. The first-order valence-electron chi connectivity index (χ1n) is 38.4. The Hall–Kier alpha value is -5.58. The van der Waals surface area contributed by atoms with Crippen molar-refractivity contribution in [1.82, 2.24) is 0 Å². The average Bonchev–Trinajstić information content (AvgIpc) is 0.926. The summed E-state index contributed by atoms with van der Waals surface area (Å²) in [5.74, 6) is -2.43. The van der Waals surface area contributed by atoms with Crippen LogP contribution in [0.2, 0.25) is 0 Å². The number of aliphatic hydroxyl groups is 1. The van der Waals surface area contributed by atoms with Crippen molar-refractivity contribution in [3.63, 3.8) is 0 Å². The molecule has 17 nitrogen and oxygen atoms in total. The Kier molecular flexibility index (Phi) is 69.7. The van der Waals surface area contributed by atoms with Gasteiger partial charge in [-0.2, -0.15) is 0 Å². The van der Waals surface area contributed by atoms with Gasteiger partial charge in [-0.1, -0.05) is 268 Å². The van der Waals surface area contributed by atoms with Gasteiger partial charge in [-0.3, -0.25) is 37.3 Å². The van der Waals surface area contributed by atoms with Gasteiger partial charge in [0.1, 0.15) is 19.3 Å². The van der Waals surface area contributed by atoms with Gasteiger partial charge in [-0.15, -0.1) is 0 Å². The van der Waals surface area contributed by atoms with Crippen molar-refractivity contribution in [1.29, 1.82) is 0 Å². The van der Waals surface area contributed by atoms with E-state index >= 15 is 0 Å². The summed E-state index contributed by atoms with van der Waals surface area (Å²) < 4.78 is 68.2. The number of hydrogen-bond donors (Lipinski definition) is 3. The highest BCUT2D eigenvalue weighted by atomic mass is 31.2. The number of phosphoric ester groups is 2. The Bertz CT molecular complexity index is 2600. The number of unbranched alkanes of at least 4 members (excludes halogenated alkanes) is 17. The second-order valence-corrected chi connectivity index (χ2v) is 27.7. The standard InChI is InChI=1S/C83H134O17P2/c1-5-9-13-17-21-25-29-32-35-37-38-40-43-45-49-52-56-60-64-68-81(86)94-74-79(100-83(88)70-66-62-58-54-50-46-41-34-31-27-23-19-15-11-7-3)76-98-102(91,92)96-72-77(84)71-95-101(89,90)97-75-78(99-82(87)69-65-61-57-53-47-28-24-20-16-12-8-4)73-93-80(85)67-63-59-55-51-48-44-42-39-36-33-30-26-22-18-14-10-6-2/h10-11,14-15,20-27,32-36,38,40-42,44,50-51,54-55,62,66,77-79,84H,5-9,12-13,16-19,28-31,37,39,43,45-49,52-53,56-61,63-65,67-76H2,1-4H3,(H,89,90)(H,91,92)/b14-10-,15-11-,24-20-,25-21-,26-22-,27-23-,35-32-,36-33-,40-38-,41-34-,44-42-,54-50-,55-51-,66-62-. The number of phosphoric acid groups is 2. The van der Waals surface area contributed by atoms with Gasteiger partial charge in [0.25, 0.3) is 0 Å². The third kappa shape index (κ3) is 72.8. The van der Waals surface area contributed by atoms with Crippen LogP contribution < -0.4 is 0 Å². The highest BCUT2D eigenvalue weighted by Gasteiger charge is 2.30. The van der Waals surface area contributed by atoms with Crippen molar-refractivity contribution in [3.05, 3.63) is 170 Å². The lowest BCUT2D eigenvalue weighted by molar-refractivity contribution is -0.161. The lowest BCUT2D eigenvalue weighted by Gasteiger charge is -2.21. The molecule has 0 heterocycles. The Morgan fingerprint density at radius 2 is 0.569 bits per heavy atom. The first-order valence-corrected chi connectivity index (χ1v) is 41.4. The van der Waals surface area contributed by atoms with E-state index in [2.05, 4.69) is 161 Å². The minimum atomic E-state index is -5.01. The monoisotopic (exact) mass is 1460 g/mol. The fraction of sp³-hybridized carbons (Fsp3) is 0.614. The van der Waals surface area contributed by atoms with E-state index in [-0.39, 0.29) is 25.7 Å². The molecule has 0 aromatic heterocycles. The second kappa shape index (κ2) is 73.7. The molecule has 19 heteroatoms. The van der Waals surface area contributed by atoms with Crippen molar-refractivity contribution in [3.8, 4) is 0 Å². The summed E-state index contributed by atoms with van der Waals surface area (Å²) in [4.78, 5) is 72.8. The molecule has 0 fully saturated rings. The topological polar surface area (TPSA) is 237 Å². The van der Waals surface area contributed by atoms with Crippen LogP contribution in [0.3, 0.4) is 0 Å². The molecule has 0 aromatic carbocycles. The molecule has 0 amide bonds.